The van der Waals surface area contributed by atoms with Gasteiger partial charge in [0.15, 0.2) is 5.96 Å². The number of para-hydroxylation sites is 1. The molecule has 2 fully saturated rings. The maximum atomic E-state index is 4.65. The quantitative estimate of drug-likeness (QED) is 0.392. The third-order valence-electron chi connectivity index (χ3n) is 5.60. The van der Waals surface area contributed by atoms with Crippen LogP contribution in [0, 0.1) is 0 Å². The van der Waals surface area contributed by atoms with Crippen molar-refractivity contribution in [1.82, 2.24) is 15.2 Å². The molecule has 0 aliphatic carbocycles. The molecule has 0 atom stereocenters. The third kappa shape index (κ3) is 5.52. The fourth-order valence-corrected chi connectivity index (χ4v) is 3.98. The number of aliphatic imine (C=N–C) groups is 1. The lowest BCUT2D eigenvalue weighted by Crippen LogP contribution is -2.52. The van der Waals surface area contributed by atoms with E-state index in [-0.39, 0.29) is 24.0 Å². The van der Waals surface area contributed by atoms with Crippen molar-refractivity contribution in [3.63, 3.8) is 0 Å². The lowest BCUT2D eigenvalue weighted by molar-refractivity contribution is 0.372. The molecule has 2 saturated heterocycles. The molecule has 156 valence electrons. The van der Waals surface area contributed by atoms with Gasteiger partial charge in [0.25, 0.3) is 0 Å². The number of benzene rings is 1. The van der Waals surface area contributed by atoms with Crippen LogP contribution < -0.4 is 15.1 Å². The van der Waals surface area contributed by atoms with Crippen molar-refractivity contribution in [2.45, 2.75) is 19.4 Å². The standard InChI is InChI=1S/C22H30N6.HI/c1-23-22(28-15-13-26(14-16-28)20-7-3-2-4-8-20)25-18-19-9-10-21(24-17-19)27-11-5-6-12-27;/h2-4,7-10,17H,5-6,11-16,18H2,1H3,(H,23,25);1H. The van der Waals surface area contributed by atoms with Crippen LogP contribution in [0.25, 0.3) is 0 Å². The molecule has 0 bridgehead atoms. The minimum absolute atomic E-state index is 0. The number of halogens is 1. The van der Waals surface area contributed by atoms with E-state index in [0.29, 0.717) is 0 Å². The highest BCUT2D eigenvalue weighted by Gasteiger charge is 2.19. The highest BCUT2D eigenvalue weighted by molar-refractivity contribution is 14.0. The number of piperazine rings is 1. The van der Waals surface area contributed by atoms with Crippen molar-refractivity contribution >= 4 is 41.4 Å². The van der Waals surface area contributed by atoms with Crippen LogP contribution >= 0.6 is 24.0 Å². The summed E-state index contributed by atoms with van der Waals surface area (Å²) in [5.74, 6) is 2.07. The first-order valence-electron chi connectivity index (χ1n) is 10.3. The number of rotatable bonds is 4. The zero-order valence-electron chi connectivity index (χ0n) is 17.1. The number of guanidine groups is 1. The predicted molar refractivity (Wildman–Crippen MR) is 132 cm³/mol. The van der Waals surface area contributed by atoms with E-state index in [0.717, 1.165) is 57.6 Å². The molecule has 2 aliphatic heterocycles. The van der Waals surface area contributed by atoms with Gasteiger partial charge in [0.2, 0.25) is 0 Å². The van der Waals surface area contributed by atoms with Gasteiger partial charge in [-0.25, -0.2) is 4.98 Å². The molecule has 2 aromatic rings. The van der Waals surface area contributed by atoms with Crippen LogP contribution in [0.2, 0.25) is 0 Å². The van der Waals surface area contributed by atoms with Gasteiger partial charge in [0.05, 0.1) is 0 Å². The smallest absolute Gasteiger partial charge is 0.194 e. The Hall–Kier alpha value is -2.03. The number of aromatic nitrogens is 1. The Bertz CT molecular complexity index is 766. The van der Waals surface area contributed by atoms with E-state index in [2.05, 4.69) is 72.5 Å². The van der Waals surface area contributed by atoms with Crippen LogP contribution in [0.15, 0.2) is 53.7 Å². The monoisotopic (exact) mass is 506 g/mol. The van der Waals surface area contributed by atoms with Crippen molar-refractivity contribution < 1.29 is 0 Å². The van der Waals surface area contributed by atoms with Crippen molar-refractivity contribution in [2.75, 3.05) is 56.1 Å². The average molecular weight is 506 g/mol. The topological polar surface area (TPSA) is 47.0 Å². The first kappa shape index (κ1) is 21.7. The fourth-order valence-electron chi connectivity index (χ4n) is 3.98. The van der Waals surface area contributed by atoms with Crippen molar-refractivity contribution in [1.29, 1.82) is 0 Å². The first-order valence-corrected chi connectivity index (χ1v) is 10.3. The summed E-state index contributed by atoms with van der Waals surface area (Å²) >= 11 is 0. The van der Waals surface area contributed by atoms with Crippen molar-refractivity contribution in [3.05, 3.63) is 54.2 Å². The molecular formula is C22H31IN6. The second kappa shape index (κ2) is 10.7. The Balaban J connectivity index is 0.00000240. The zero-order chi connectivity index (χ0) is 19.2. The van der Waals surface area contributed by atoms with Gasteiger partial charge in [-0.1, -0.05) is 24.3 Å². The first-order chi connectivity index (χ1) is 13.8. The van der Waals surface area contributed by atoms with Crippen LogP contribution in [-0.2, 0) is 6.54 Å². The van der Waals surface area contributed by atoms with E-state index in [1.807, 2.05) is 13.2 Å². The Morgan fingerprint density at radius 2 is 1.66 bits per heavy atom. The SMILES string of the molecule is CN=C(NCc1ccc(N2CCCC2)nc1)N1CCN(c2ccccc2)CC1.I. The van der Waals surface area contributed by atoms with Crippen molar-refractivity contribution in [3.8, 4) is 0 Å². The summed E-state index contributed by atoms with van der Waals surface area (Å²) in [5.41, 5.74) is 2.49. The molecule has 1 N–H and O–H groups in total. The van der Waals surface area contributed by atoms with Gasteiger partial charge in [0, 0.05) is 64.7 Å². The van der Waals surface area contributed by atoms with Gasteiger partial charge in [-0.3, -0.25) is 4.99 Å². The summed E-state index contributed by atoms with van der Waals surface area (Å²) in [5, 5.41) is 3.50. The Morgan fingerprint density at radius 1 is 0.931 bits per heavy atom. The zero-order valence-corrected chi connectivity index (χ0v) is 19.5. The number of pyridine rings is 1. The average Bonchev–Trinajstić information content (AvgIpc) is 3.31. The molecule has 3 heterocycles. The fraction of sp³-hybridized carbons (Fsp3) is 0.455. The molecule has 0 amide bonds. The van der Waals surface area contributed by atoms with E-state index >= 15 is 0 Å². The predicted octanol–water partition coefficient (Wildman–Crippen LogP) is 3.20. The van der Waals surface area contributed by atoms with Gasteiger partial charge in [-0.05, 0) is 36.6 Å². The minimum atomic E-state index is 0. The van der Waals surface area contributed by atoms with Gasteiger partial charge in [-0.15, -0.1) is 24.0 Å². The summed E-state index contributed by atoms with van der Waals surface area (Å²) in [4.78, 5) is 16.3. The lowest BCUT2D eigenvalue weighted by Gasteiger charge is -2.37. The highest BCUT2D eigenvalue weighted by atomic mass is 127. The number of hydrogen-bond acceptors (Lipinski definition) is 4. The van der Waals surface area contributed by atoms with E-state index in [1.54, 1.807) is 0 Å². The van der Waals surface area contributed by atoms with Crippen LogP contribution in [0.4, 0.5) is 11.5 Å². The maximum absolute atomic E-state index is 4.65. The molecule has 29 heavy (non-hydrogen) atoms. The molecule has 2 aliphatic rings. The molecular weight excluding hydrogens is 475 g/mol. The molecule has 0 saturated carbocycles. The van der Waals surface area contributed by atoms with Gasteiger partial charge in [-0.2, -0.15) is 0 Å². The largest absolute Gasteiger partial charge is 0.368 e. The summed E-state index contributed by atoms with van der Waals surface area (Å²) in [7, 11) is 1.86. The third-order valence-corrected chi connectivity index (χ3v) is 5.60. The number of anilines is 2. The maximum Gasteiger partial charge on any atom is 0.194 e. The minimum Gasteiger partial charge on any atom is -0.368 e. The molecule has 6 nitrogen and oxygen atoms in total. The van der Waals surface area contributed by atoms with Crippen LogP contribution in [0.3, 0.4) is 0 Å². The molecule has 1 aromatic heterocycles. The van der Waals surface area contributed by atoms with E-state index in [4.69, 9.17) is 0 Å². The molecule has 7 heteroatoms. The molecule has 0 spiro atoms. The van der Waals surface area contributed by atoms with Gasteiger partial charge < -0.3 is 20.0 Å². The summed E-state index contributed by atoms with van der Waals surface area (Å²) < 4.78 is 0. The summed E-state index contributed by atoms with van der Waals surface area (Å²) in [6, 6.07) is 15.0. The summed E-state index contributed by atoms with van der Waals surface area (Å²) in [6.07, 6.45) is 4.54. The van der Waals surface area contributed by atoms with Gasteiger partial charge in [0.1, 0.15) is 5.82 Å². The van der Waals surface area contributed by atoms with Crippen molar-refractivity contribution in [2.24, 2.45) is 4.99 Å². The normalized spacial score (nSPS) is 17.3. The lowest BCUT2D eigenvalue weighted by atomic mass is 10.2. The van der Waals surface area contributed by atoms with Crippen LogP contribution in [0.5, 0.6) is 0 Å². The van der Waals surface area contributed by atoms with Gasteiger partial charge >= 0.3 is 0 Å². The Labute approximate surface area is 191 Å². The highest BCUT2D eigenvalue weighted by Crippen LogP contribution is 2.18. The molecule has 4 rings (SSSR count). The molecule has 0 radical (unpaired) electrons. The number of nitrogens with zero attached hydrogens (tertiary/aromatic N) is 5. The van der Waals surface area contributed by atoms with Crippen LogP contribution in [-0.4, -0.2) is 62.2 Å². The Morgan fingerprint density at radius 3 is 2.28 bits per heavy atom. The summed E-state index contributed by atoms with van der Waals surface area (Å²) in [6.45, 7) is 6.98. The second-order valence-electron chi connectivity index (χ2n) is 7.43. The van der Waals surface area contributed by atoms with E-state index < -0.39 is 0 Å². The van der Waals surface area contributed by atoms with E-state index in [9.17, 15) is 0 Å². The molecule has 0 unspecified atom stereocenters. The second-order valence-corrected chi connectivity index (χ2v) is 7.43. The van der Waals surface area contributed by atoms with Crippen LogP contribution in [0.1, 0.15) is 18.4 Å². The number of hydrogen-bond donors (Lipinski definition) is 1. The molecule has 1 aromatic carbocycles. The Kier molecular flexibility index (Phi) is 7.97. The van der Waals surface area contributed by atoms with E-state index in [1.165, 1.54) is 24.1 Å². The number of nitrogens with one attached hydrogen (secondary N) is 1.